The number of benzene rings is 1. The number of imidazole rings is 1. The number of hydrogen-bond acceptors (Lipinski definition) is 3. The Morgan fingerprint density at radius 2 is 2.00 bits per heavy atom. The second kappa shape index (κ2) is 2.92. The molecule has 0 fully saturated rings. The summed E-state index contributed by atoms with van der Waals surface area (Å²) in [6.45, 7) is 0. The molecule has 0 spiro atoms. The van der Waals surface area contributed by atoms with Gasteiger partial charge in [-0.1, -0.05) is 30.3 Å². The summed E-state index contributed by atoms with van der Waals surface area (Å²) < 4.78 is 1.96. The molecule has 2 heterocycles. The van der Waals surface area contributed by atoms with E-state index < -0.39 is 0 Å². The van der Waals surface area contributed by atoms with Gasteiger partial charge >= 0.3 is 0 Å². The van der Waals surface area contributed by atoms with Gasteiger partial charge in [0, 0.05) is 18.0 Å². The lowest BCUT2D eigenvalue weighted by molar-refractivity contribution is 1.27. The lowest BCUT2D eigenvalue weighted by atomic mass is 10.2. The number of fused-ring (bicyclic) bond motifs is 1. The average Bonchev–Trinajstić information content (AvgIpc) is 2.78. The molecule has 0 bridgehead atoms. The second-order valence-corrected chi connectivity index (χ2v) is 3.89. The maximum atomic E-state index is 4.41. The molecule has 3 rings (SSSR count). The van der Waals surface area contributed by atoms with E-state index in [1.165, 1.54) is 0 Å². The Morgan fingerprint density at radius 1 is 1.14 bits per heavy atom. The van der Waals surface area contributed by atoms with Crippen molar-refractivity contribution in [2.45, 2.75) is 0 Å². The van der Waals surface area contributed by atoms with Gasteiger partial charge in [0.1, 0.15) is 5.01 Å². The Labute approximate surface area is 84.8 Å². The van der Waals surface area contributed by atoms with Crippen LogP contribution in [-0.4, -0.2) is 13.8 Å². The van der Waals surface area contributed by atoms with E-state index in [1.807, 2.05) is 28.2 Å². The molecule has 14 heavy (non-hydrogen) atoms. The normalized spacial score (nSPS) is 10.9. The van der Waals surface area contributed by atoms with Crippen molar-refractivity contribution in [2.75, 3.05) is 0 Å². The quantitative estimate of drug-likeness (QED) is 0.605. The Morgan fingerprint density at radius 3 is 2.79 bits per heavy atom. The minimum Gasteiger partial charge on any atom is -0.237 e. The zero-order valence-corrected chi connectivity index (χ0v) is 8.11. The summed E-state index contributed by atoms with van der Waals surface area (Å²) in [6, 6.07) is 10.1. The lowest BCUT2D eigenvalue weighted by Gasteiger charge is -1.91. The minimum absolute atomic E-state index is 0.772. The minimum atomic E-state index is 0.772. The third-order valence-corrected chi connectivity index (χ3v) is 2.98. The van der Waals surface area contributed by atoms with Crippen LogP contribution >= 0.6 is 11.5 Å². The summed E-state index contributed by atoms with van der Waals surface area (Å²) in [6.07, 6.45) is 3.67. The van der Waals surface area contributed by atoms with E-state index in [0.29, 0.717) is 0 Å². The Bertz CT molecular complexity index is 524. The first kappa shape index (κ1) is 7.70. The van der Waals surface area contributed by atoms with Crippen LogP contribution < -0.4 is 0 Å². The standard InChI is InChI=1S/C10H7N3S/c1-2-4-8(5-3-1)9-12-10-11-6-7-13(10)14-9/h1-7H. The molecule has 3 aromatic rings. The van der Waals surface area contributed by atoms with Crippen LogP contribution in [0.3, 0.4) is 0 Å². The zero-order chi connectivity index (χ0) is 9.38. The molecule has 0 N–H and O–H groups in total. The molecule has 0 aliphatic carbocycles. The van der Waals surface area contributed by atoms with Crippen LogP contribution in [0.1, 0.15) is 0 Å². The van der Waals surface area contributed by atoms with Crippen LogP contribution in [0.5, 0.6) is 0 Å². The summed E-state index contributed by atoms with van der Waals surface area (Å²) in [5.41, 5.74) is 1.14. The first-order chi connectivity index (χ1) is 6.93. The number of aromatic nitrogens is 3. The van der Waals surface area contributed by atoms with Gasteiger partial charge in [-0.2, -0.15) is 4.98 Å². The number of nitrogens with zero attached hydrogens (tertiary/aromatic N) is 3. The first-order valence-electron chi connectivity index (χ1n) is 4.29. The Hall–Kier alpha value is -1.68. The van der Waals surface area contributed by atoms with Gasteiger partial charge in [-0.15, -0.1) is 0 Å². The topological polar surface area (TPSA) is 30.2 Å². The molecule has 0 saturated carbocycles. The highest BCUT2D eigenvalue weighted by molar-refractivity contribution is 7.10. The molecule has 0 aliphatic heterocycles. The highest BCUT2D eigenvalue weighted by Gasteiger charge is 2.05. The smallest absolute Gasteiger partial charge is 0.237 e. The van der Waals surface area contributed by atoms with Gasteiger partial charge in [-0.25, -0.2) is 8.77 Å². The maximum absolute atomic E-state index is 4.41. The average molecular weight is 201 g/mol. The van der Waals surface area contributed by atoms with Crippen molar-refractivity contribution in [3.8, 4) is 10.6 Å². The van der Waals surface area contributed by atoms with Crippen molar-refractivity contribution in [2.24, 2.45) is 0 Å². The second-order valence-electron chi connectivity index (χ2n) is 2.93. The summed E-state index contributed by atoms with van der Waals surface area (Å²) in [5, 5.41) is 1.01. The van der Waals surface area contributed by atoms with Crippen LogP contribution in [0.4, 0.5) is 0 Å². The molecule has 4 heteroatoms. The predicted molar refractivity (Wildman–Crippen MR) is 56.3 cm³/mol. The van der Waals surface area contributed by atoms with Crippen LogP contribution in [0.2, 0.25) is 0 Å². The van der Waals surface area contributed by atoms with Gasteiger partial charge in [0.15, 0.2) is 0 Å². The molecular formula is C10H7N3S. The van der Waals surface area contributed by atoms with Crippen LogP contribution in [-0.2, 0) is 0 Å². The summed E-state index contributed by atoms with van der Waals surface area (Å²) >= 11 is 1.60. The molecule has 2 aromatic heterocycles. The van der Waals surface area contributed by atoms with Crippen molar-refractivity contribution in [3.05, 3.63) is 42.7 Å². The summed E-state index contributed by atoms with van der Waals surface area (Å²) in [7, 11) is 0. The molecule has 0 radical (unpaired) electrons. The fraction of sp³-hybridized carbons (Fsp3) is 0. The Kier molecular flexibility index (Phi) is 1.61. The lowest BCUT2D eigenvalue weighted by Crippen LogP contribution is -1.74. The third-order valence-electron chi connectivity index (χ3n) is 2.00. The van der Waals surface area contributed by atoms with Gasteiger partial charge in [0.2, 0.25) is 5.78 Å². The third kappa shape index (κ3) is 1.12. The van der Waals surface area contributed by atoms with E-state index in [2.05, 4.69) is 22.1 Å². The van der Waals surface area contributed by atoms with E-state index in [1.54, 1.807) is 17.7 Å². The van der Waals surface area contributed by atoms with Gasteiger partial charge in [0.05, 0.1) is 0 Å². The van der Waals surface area contributed by atoms with E-state index in [9.17, 15) is 0 Å². The molecule has 68 valence electrons. The molecule has 0 unspecified atom stereocenters. The van der Waals surface area contributed by atoms with E-state index >= 15 is 0 Å². The SMILES string of the molecule is c1ccc(-c2nc3nccn3s2)cc1. The highest BCUT2D eigenvalue weighted by Crippen LogP contribution is 2.22. The fourth-order valence-electron chi connectivity index (χ4n) is 1.34. The van der Waals surface area contributed by atoms with Crippen molar-refractivity contribution in [1.82, 2.24) is 13.8 Å². The van der Waals surface area contributed by atoms with E-state index in [0.717, 1.165) is 16.3 Å². The summed E-state index contributed by atoms with van der Waals surface area (Å²) in [4.78, 5) is 8.54. The maximum Gasteiger partial charge on any atom is 0.244 e. The molecule has 3 nitrogen and oxygen atoms in total. The van der Waals surface area contributed by atoms with E-state index in [4.69, 9.17) is 0 Å². The first-order valence-corrected chi connectivity index (χ1v) is 5.06. The highest BCUT2D eigenvalue weighted by atomic mass is 32.1. The zero-order valence-electron chi connectivity index (χ0n) is 7.29. The van der Waals surface area contributed by atoms with Crippen LogP contribution in [0.25, 0.3) is 16.3 Å². The largest absolute Gasteiger partial charge is 0.244 e. The molecule has 1 aromatic carbocycles. The van der Waals surface area contributed by atoms with Crippen LogP contribution in [0.15, 0.2) is 42.7 Å². The molecule has 0 saturated heterocycles. The predicted octanol–water partition coefficient (Wildman–Crippen LogP) is 2.46. The van der Waals surface area contributed by atoms with Crippen molar-refractivity contribution >= 4 is 17.3 Å². The van der Waals surface area contributed by atoms with Gasteiger partial charge in [-0.3, -0.25) is 0 Å². The number of hydrogen-bond donors (Lipinski definition) is 0. The van der Waals surface area contributed by atoms with Gasteiger partial charge in [-0.05, 0) is 11.5 Å². The van der Waals surface area contributed by atoms with Crippen molar-refractivity contribution in [3.63, 3.8) is 0 Å². The van der Waals surface area contributed by atoms with Crippen LogP contribution in [0, 0.1) is 0 Å². The number of rotatable bonds is 1. The Balaban J connectivity index is 2.19. The van der Waals surface area contributed by atoms with Gasteiger partial charge in [0.25, 0.3) is 0 Å². The van der Waals surface area contributed by atoms with Crippen molar-refractivity contribution in [1.29, 1.82) is 0 Å². The molecule has 0 amide bonds. The van der Waals surface area contributed by atoms with Gasteiger partial charge < -0.3 is 0 Å². The molecule has 0 aliphatic rings. The monoisotopic (exact) mass is 201 g/mol. The van der Waals surface area contributed by atoms with E-state index in [-0.39, 0.29) is 0 Å². The van der Waals surface area contributed by atoms with Crippen molar-refractivity contribution < 1.29 is 0 Å². The molecule has 0 atom stereocenters. The molecular weight excluding hydrogens is 194 g/mol. The fourth-order valence-corrected chi connectivity index (χ4v) is 2.17. The summed E-state index contributed by atoms with van der Waals surface area (Å²) in [5.74, 6) is 0.772.